The first kappa shape index (κ1) is 12.0. The van der Waals surface area contributed by atoms with Gasteiger partial charge in [0.1, 0.15) is 0 Å². The molecule has 0 aliphatic rings. The lowest BCUT2D eigenvalue weighted by atomic mass is 10.3. The second-order valence-corrected chi connectivity index (χ2v) is 4.96. The third-order valence-corrected chi connectivity index (χ3v) is 3.40. The summed E-state index contributed by atoms with van der Waals surface area (Å²) in [6, 6.07) is 9.29. The second-order valence-electron chi connectivity index (χ2n) is 3.53. The summed E-state index contributed by atoms with van der Waals surface area (Å²) in [5.41, 5.74) is 6.69. The molecule has 5 heteroatoms. The van der Waals surface area contributed by atoms with Crippen molar-refractivity contribution in [3.63, 3.8) is 0 Å². The molecule has 1 heterocycles. The summed E-state index contributed by atoms with van der Waals surface area (Å²) in [4.78, 5) is 12.0. The number of carbonyl (C=O) groups excluding carboxylic acids is 1. The number of hydrogen-bond acceptors (Lipinski definition) is 3. The number of thiophene rings is 1. The molecule has 1 aromatic carbocycles. The van der Waals surface area contributed by atoms with Crippen molar-refractivity contribution in [1.82, 2.24) is 0 Å². The zero-order valence-electron chi connectivity index (χ0n) is 8.94. The van der Waals surface area contributed by atoms with E-state index in [0.29, 0.717) is 17.1 Å². The van der Waals surface area contributed by atoms with Crippen LogP contribution in [0.5, 0.6) is 0 Å². The van der Waals surface area contributed by atoms with Gasteiger partial charge >= 0.3 is 0 Å². The van der Waals surface area contributed by atoms with E-state index < -0.39 is 5.91 Å². The molecule has 0 aliphatic carbocycles. The molecule has 0 bridgehead atoms. The predicted molar refractivity (Wildman–Crippen MR) is 71.6 cm³/mol. The first-order chi connectivity index (χ1) is 8.15. The molecule has 0 fully saturated rings. The highest BCUT2D eigenvalue weighted by Crippen LogP contribution is 2.18. The maximum atomic E-state index is 10.9. The normalized spacial score (nSPS) is 10.2. The van der Waals surface area contributed by atoms with Gasteiger partial charge in [0.2, 0.25) is 5.91 Å². The van der Waals surface area contributed by atoms with Crippen LogP contribution in [-0.4, -0.2) is 5.91 Å². The van der Waals surface area contributed by atoms with Gasteiger partial charge < -0.3 is 11.1 Å². The van der Waals surface area contributed by atoms with Gasteiger partial charge in [-0.05, 0) is 24.3 Å². The van der Waals surface area contributed by atoms with E-state index in [1.165, 1.54) is 11.3 Å². The number of nitrogens with two attached hydrogens (primary N) is 1. The van der Waals surface area contributed by atoms with Crippen LogP contribution in [0.1, 0.15) is 15.2 Å². The highest BCUT2D eigenvalue weighted by atomic mass is 35.5. The van der Waals surface area contributed by atoms with E-state index >= 15 is 0 Å². The van der Waals surface area contributed by atoms with E-state index in [4.69, 9.17) is 17.3 Å². The Bertz CT molecular complexity index is 539. The SMILES string of the molecule is NC(=O)c1csc(CNc2cccc(Cl)c2)c1. The number of amides is 1. The molecule has 17 heavy (non-hydrogen) atoms. The van der Waals surface area contributed by atoms with Gasteiger partial charge in [0.25, 0.3) is 0 Å². The van der Waals surface area contributed by atoms with Crippen LogP contribution in [-0.2, 0) is 6.54 Å². The van der Waals surface area contributed by atoms with Crippen LogP contribution in [0.4, 0.5) is 5.69 Å². The molecule has 0 radical (unpaired) electrons. The Morgan fingerprint density at radius 2 is 2.24 bits per heavy atom. The Kier molecular flexibility index (Phi) is 3.66. The standard InChI is InChI=1S/C12H11ClN2OS/c13-9-2-1-3-10(5-9)15-6-11-4-8(7-17-11)12(14)16/h1-5,7,15H,6H2,(H2,14,16). The number of carbonyl (C=O) groups is 1. The highest BCUT2D eigenvalue weighted by Gasteiger charge is 2.04. The third kappa shape index (κ3) is 3.22. The third-order valence-electron chi connectivity index (χ3n) is 2.23. The molecule has 2 aromatic rings. The molecular weight excluding hydrogens is 256 g/mol. The fourth-order valence-electron chi connectivity index (χ4n) is 1.39. The van der Waals surface area contributed by atoms with E-state index in [9.17, 15) is 4.79 Å². The van der Waals surface area contributed by atoms with Crippen LogP contribution in [0.25, 0.3) is 0 Å². The molecule has 0 saturated heterocycles. The summed E-state index contributed by atoms with van der Waals surface area (Å²) in [7, 11) is 0. The van der Waals surface area contributed by atoms with E-state index in [-0.39, 0.29) is 0 Å². The summed E-state index contributed by atoms with van der Waals surface area (Å²) in [5.74, 6) is -0.393. The first-order valence-electron chi connectivity index (χ1n) is 5.02. The Balaban J connectivity index is 2.00. The zero-order valence-corrected chi connectivity index (χ0v) is 10.5. The Morgan fingerprint density at radius 1 is 1.41 bits per heavy atom. The summed E-state index contributed by atoms with van der Waals surface area (Å²) in [6.45, 7) is 0.651. The molecule has 3 N–H and O–H groups in total. The predicted octanol–water partition coefficient (Wildman–Crippen LogP) is 3.11. The molecule has 1 aromatic heterocycles. The van der Waals surface area contributed by atoms with Crippen molar-refractivity contribution in [2.45, 2.75) is 6.54 Å². The number of rotatable bonds is 4. The minimum Gasteiger partial charge on any atom is -0.380 e. The average molecular weight is 267 g/mol. The van der Waals surface area contributed by atoms with Crippen molar-refractivity contribution in [2.75, 3.05) is 5.32 Å². The lowest BCUT2D eigenvalue weighted by molar-refractivity contribution is 0.100. The molecule has 0 atom stereocenters. The Hall–Kier alpha value is -1.52. The van der Waals surface area contributed by atoms with Gasteiger partial charge in [-0.25, -0.2) is 0 Å². The molecule has 0 unspecified atom stereocenters. The van der Waals surface area contributed by atoms with E-state index in [1.807, 2.05) is 24.3 Å². The maximum absolute atomic E-state index is 10.9. The van der Waals surface area contributed by atoms with Gasteiger partial charge in [-0.1, -0.05) is 17.7 Å². The van der Waals surface area contributed by atoms with Crippen LogP contribution in [0.15, 0.2) is 35.7 Å². The summed E-state index contributed by atoms with van der Waals surface area (Å²) in [6.07, 6.45) is 0. The van der Waals surface area contributed by atoms with Crippen molar-refractivity contribution < 1.29 is 4.79 Å². The second kappa shape index (κ2) is 5.21. The smallest absolute Gasteiger partial charge is 0.249 e. The lowest BCUT2D eigenvalue weighted by Gasteiger charge is -2.04. The largest absolute Gasteiger partial charge is 0.380 e. The molecule has 88 valence electrons. The van der Waals surface area contributed by atoms with Crippen LogP contribution >= 0.6 is 22.9 Å². The zero-order chi connectivity index (χ0) is 12.3. The van der Waals surface area contributed by atoms with Crippen LogP contribution < -0.4 is 11.1 Å². The van der Waals surface area contributed by atoms with Gasteiger partial charge in [-0.2, -0.15) is 0 Å². The molecule has 0 saturated carbocycles. The molecular formula is C12H11ClN2OS. The van der Waals surface area contributed by atoms with Crippen LogP contribution in [0.3, 0.4) is 0 Å². The fourth-order valence-corrected chi connectivity index (χ4v) is 2.39. The number of halogens is 1. The van der Waals surface area contributed by atoms with Crippen LogP contribution in [0.2, 0.25) is 5.02 Å². The fraction of sp³-hybridized carbons (Fsp3) is 0.0833. The Morgan fingerprint density at radius 3 is 2.88 bits per heavy atom. The molecule has 3 nitrogen and oxygen atoms in total. The van der Waals surface area contributed by atoms with E-state index in [0.717, 1.165) is 10.6 Å². The molecule has 0 aliphatic heterocycles. The number of anilines is 1. The van der Waals surface area contributed by atoms with Crippen molar-refractivity contribution in [3.8, 4) is 0 Å². The Labute approximate surface area is 108 Å². The molecule has 1 amide bonds. The van der Waals surface area contributed by atoms with Crippen molar-refractivity contribution in [1.29, 1.82) is 0 Å². The van der Waals surface area contributed by atoms with Gasteiger partial charge in [0.15, 0.2) is 0 Å². The van der Waals surface area contributed by atoms with Gasteiger partial charge in [0.05, 0.1) is 5.56 Å². The highest BCUT2D eigenvalue weighted by molar-refractivity contribution is 7.10. The van der Waals surface area contributed by atoms with E-state index in [1.54, 1.807) is 11.4 Å². The lowest BCUT2D eigenvalue weighted by Crippen LogP contribution is -2.09. The maximum Gasteiger partial charge on any atom is 0.249 e. The minimum atomic E-state index is -0.393. The van der Waals surface area contributed by atoms with E-state index in [2.05, 4.69) is 5.32 Å². The summed E-state index contributed by atoms with van der Waals surface area (Å²) < 4.78 is 0. The summed E-state index contributed by atoms with van der Waals surface area (Å²) >= 11 is 7.38. The van der Waals surface area contributed by atoms with Crippen molar-refractivity contribution >= 4 is 34.5 Å². The minimum absolute atomic E-state index is 0.393. The van der Waals surface area contributed by atoms with Gasteiger partial charge in [0, 0.05) is 27.5 Å². The average Bonchev–Trinajstić information content (AvgIpc) is 2.75. The first-order valence-corrected chi connectivity index (χ1v) is 6.27. The molecule has 2 rings (SSSR count). The number of primary amides is 1. The number of hydrogen-bond donors (Lipinski definition) is 2. The van der Waals surface area contributed by atoms with Gasteiger partial charge in [-0.15, -0.1) is 11.3 Å². The monoisotopic (exact) mass is 266 g/mol. The van der Waals surface area contributed by atoms with Crippen molar-refractivity contribution in [3.05, 3.63) is 51.2 Å². The van der Waals surface area contributed by atoms with Gasteiger partial charge in [-0.3, -0.25) is 4.79 Å². The quantitative estimate of drug-likeness (QED) is 0.893. The number of nitrogens with one attached hydrogen (secondary N) is 1. The summed E-state index contributed by atoms with van der Waals surface area (Å²) in [5, 5.41) is 5.68. The molecule has 0 spiro atoms. The number of benzene rings is 1. The van der Waals surface area contributed by atoms with Crippen molar-refractivity contribution in [2.24, 2.45) is 5.73 Å². The topological polar surface area (TPSA) is 55.1 Å². The van der Waals surface area contributed by atoms with Crippen LogP contribution in [0, 0.1) is 0 Å².